The van der Waals surface area contributed by atoms with E-state index in [1.165, 1.54) is 46.9 Å². The van der Waals surface area contributed by atoms with Crippen LogP contribution in [0.5, 0.6) is 0 Å². The van der Waals surface area contributed by atoms with Crippen molar-refractivity contribution in [1.29, 1.82) is 0 Å². The van der Waals surface area contributed by atoms with E-state index < -0.39 is 0 Å². The molecule has 152 valence electrons. The first kappa shape index (κ1) is 19.8. The van der Waals surface area contributed by atoms with E-state index in [2.05, 4.69) is 78.5 Å². The molecule has 29 heavy (non-hydrogen) atoms. The number of carbonyl (C=O) groups excluding carboxylic acids is 1. The van der Waals surface area contributed by atoms with Gasteiger partial charge < -0.3 is 9.88 Å². The van der Waals surface area contributed by atoms with Gasteiger partial charge in [-0.2, -0.15) is 0 Å². The van der Waals surface area contributed by atoms with Crippen molar-refractivity contribution in [1.82, 2.24) is 9.88 Å². The second-order valence-electron chi connectivity index (χ2n) is 8.72. The largest absolute Gasteiger partial charge is 0.353 e. The molecule has 4 rings (SSSR count). The molecule has 0 radical (unpaired) electrons. The van der Waals surface area contributed by atoms with Gasteiger partial charge in [-0.3, -0.25) is 4.79 Å². The highest BCUT2D eigenvalue weighted by atomic mass is 16.1. The van der Waals surface area contributed by atoms with Gasteiger partial charge in [0.15, 0.2) is 0 Å². The van der Waals surface area contributed by atoms with Crippen LogP contribution in [0.25, 0.3) is 10.9 Å². The number of hydrogen-bond acceptors (Lipinski definition) is 1. The molecule has 3 heteroatoms. The first-order chi connectivity index (χ1) is 14.1. The quantitative estimate of drug-likeness (QED) is 0.584. The number of carbonyl (C=O) groups is 1. The molecule has 0 unspecified atom stereocenters. The van der Waals surface area contributed by atoms with Crippen LogP contribution in [0.3, 0.4) is 0 Å². The van der Waals surface area contributed by atoms with Crippen LogP contribution in [0.1, 0.15) is 55.7 Å². The fraction of sp³-hybridized carbons (Fsp3) is 0.423. The molecule has 0 saturated heterocycles. The minimum absolute atomic E-state index is 0.194. The van der Waals surface area contributed by atoms with Crippen molar-refractivity contribution < 1.29 is 4.79 Å². The van der Waals surface area contributed by atoms with Gasteiger partial charge >= 0.3 is 0 Å². The lowest BCUT2D eigenvalue weighted by atomic mass is 9.86. The topological polar surface area (TPSA) is 34.0 Å². The van der Waals surface area contributed by atoms with E-state index in [0.29, 0.717) is 18.4 Å². The normalized spacial score (nSPS) is 19.4. The van der Waals surface area contributed by atoms with Gasteiger partial charge in [0.1, 0.15) is 0 Å². The molecule has 1 aromatic heterocycles. The predicted octanol–water partition coefficient (Wildman–Crippen LogP) is 5.63. The van der Waals surface area contributed by atoms with Crippen LogP contribution >= 0.6 is 0 Å². The van der Waals surface area contributed by atoms with Crippen LogP contribution in [0.4, 0.5) is 0 Å². The Morgan fingerprint density at radius 3 is 2.62 bits per heavy atom. The Labute approximate surface area is 174 Å². The first-order valence-electron chi connectivity index (χ1n) is 11.0. The van der Waals surface area contributed by atoms with Crippen LogP contribution in [-0.4, -0.2) is 16.5 Å². The molecule has 1 aliphatic carbocycles. The van der Waals surface area contributed by atoms with Crippen molar-refractivity contribution in [2.24, 2.45) is 5.92 Å². The molecule has 3 nitrogen and oxygen atoms in total. The molecule has 0 aliphatic heterocycles. The third-order valence-electron chi connectivity index (χ3n) is 6.42. The molecular weight excluding hydrogens is 356 g/mol. The Kier molecular flexibility index (Phi) is 6.03. The van der Waals surface area contributed by atoms with Crippen LogP contribution in [-0.2, 0) is 17.8 Å². The molecule has 1 aliphatic rings. The smallest absolute Gasteiger partial charge is 0.220 e. The number of nitrogens with zero attached hydrogens (tertiary/aromatic N) is 1. The van der Waals surface area contributed by atoms with Gasteiger partial charge in [0.05, 0.1) is 0 Å². The highest BCUT2D eigenvalue weighted by Crippen LogP contribution is 2.25. The monoisotopic (exact) mass is 388 g/mol. The van der Waals surface area contributed by atoms with E-state index in [4.69, 9.17) is 0 Å². The van der Waals surface area contributed by atoms with Crippen LogP contribution in [0, 0.1) is 12.8 Å². The SMILES string of the molecule is Cc1ccc(Cn2cc(CCC(=O)N[C@@H]3CCCC[C@H]3C)c3ccccc32)cc1. The summed E-state index contributed by atoms with van der Waals surface area (Å²) in [6.07, 6.45) is 8.48. The van der Waals surface area contributed by atoms with E-state index in [1.807, 2.05) is 0 Å². The van der Waals surface area contributed by atoms with Crippen molar-refractivity contribution >= 4 is 16.8 Å². The molecule has 0 spiro atoms. The summed E-state index contributed by atoms with van der Waals surface area (Å²) in [7, 11) is 0. The summed E-state index contributed by atoms with van der Waals surface area (Å²) in [6, 6.07) is 17.6. The minimum atomic E-state index is 0.194. The second kappa shape index (κ2) is 8.86. The van der Waals surface area contributed by atoms with E-state index in [-0.39, 0.29) is 5.91 Å². The lowest BCUT2D eigenvalue weighted by Crippen LogP contribution is -2.41. The number of hydrogen-bond donors (Lipinski definition) is 1. The van der Waals surface area contributed by atoms with Gasteiger partial charge in [0.25, 0.3) is 0 Å². The molecule has 1 N–H and O–H groups in total. The Morgan fingerprint density at radius 2 is 1.83 bits per heavy atom. The molecule has 0 bridgehead atoms. The zero-order valence-corrected chi connectivity index (χ0v) is 17.7. The van der Waals surface area contributed by atoms with Gasteiger partial charge in [-0.15, -0.1) is 0 Å². The zero-order chi connectivity index (χ0) is 20.2. The van der Waals surface area contributed by atoms with Crippen molar-refractivity contribution in [2.75, 3.05) is 0 Å². The molecule has 1 heterocycles. The fourth-order valence-electron chi connectivity index (χ4n) is 4.60. The minimum Gasteiger partial charge on any atom is -0.353 e. The summed E-state index contributed by atoms with van der Waals surface area (Å²) < 4.78 is 2.32. The van der Waals surface area contributed by atoms with Gasteiger partial charge in [0, 0.05) is 36.1 Å². The van der Waals surface area contributed by atoms with Gasteiger partial charge in [-0.25, -0.2) is 0 Å². The maximum Gasteiger partial charge on any atom is 0.220 e. The van der Waals surface area contributed by atoms with Gasteiger partial charge in [-0.05, 0) is 49.3 Å². The number of amides is 1. The molecule has 2 aromatic carbocycles. The number of fused-ring (bicyclic) bond motifs is 1. The standard InChI is InChI=1S/C26H32N2O/c1-19-11-13-21(14-12-19)17-28-18-22(23-8-4-6-10-25(23)28)15-16-26(29)27-24-9-5-3-7-20(24)2/h4,6,8,10-14,18,20,24H,3,5,7,9,15-17H2,1-2H3,(H,27,29)/t20-,24-/m1/s1. The number of para-hydroxylation sites is 1. The van der Waals surface area contributed by atoms with Gasteiger partial charge in [-0.1, -0.05) is 67.8 Å². The van der Waals surface area contributed by atoms with Gasteiger partial charge in [0.2, 0.25) is 5.91 Å². The first-order valence-corrected chi connectivity index (χ1v) is 11.0. The Morgan fingerprint density at radius 1 is 1.07 bits per heavy atom. The van der Waals surface area contributed by atoms with E-state index in [9.17, 15) is 4.79 Å². The predicted molar refractivity (Wildman–Crippen MR) is 120 cm³/mol. The summed E-state index contributed by atoms with van der Waals surface area (Å²) in [4.78, 5) is 12.6. The van der Waals surface area contributed by atoms with Crippen LogP contribution in [0.2, 0.25) is 0 Å². The third kappa shape index (κ3) is 4.72. The van der Waals surface area contributed by atoms with Crippen molar-refractivity contribution in [3.8, 4) is 0 Å². The number of aryl methyl sites for hydroxylation is 2. The number of nitrogens with one attached hydrogen (secondary N) is 1. The lowest BCUT2D eigenvalue weighted by molar-refractivity contribution is -0.122. The summed E-state index contributed by atoms with van der Waals surface area (Å²) in [5.74, 6) is 0.795. The van der Waals surface area contributed by atoms with Crippen molar-refractivity contribution in [2.45, 2.75) is 65.0 Å². The summed E-state index contributed by atoms with van der Waals surface area (Å²) in [6.45, 7) is 5.24. The summed E-state index contributed by atoms with van der Waals surface area (Å²) in [5.41, 5.74) is 5.08. The molecule has 1 fully saturated rings. The lowest BCUT2D eigenvalue weighted by Gasteiger charge is -2.29. The summed E-state index contributed by atoms with van der Waals surface area (Å²) in [5, 5.41) is 4.56. The molecule has 3 aromatic rings. The molecule has 1 saturated carbocycles. The van der Waals surface area contributed by atoms with Crippen molar-refractivity contribution in [3.05, 3.63) is 71.4 Å². The third-order valence-corrected chi connectivity index (χ3v) is 6.42. The van der Waals surface area contributed by atoms with E-state index in [1.54, 1.807) is 0 Å². The van der Waals surface area contributed by atoms with E-state index in [0.717, 1.165) is 19.4 Å². The zero-order valence-electron chi connectivity index (χ0n) is 17.7. The van der Waals surface area contributed by atoms with Crippen molar-refractivity contribution in [3.63, 3.8) is 0 Å². The highest BCUT2D eigenvalue weighted by Gasteiger charge is 2.22. The molecule has 2 atom stereocenters. The Bertz CT molecular complexity index is 970. The highest BCUT2D eigenvalue weighted by molar-refractivity contribution is 5.85. The second-order valence-corrected chi connectivity index (χ2v) is 8.72. The maximum atomic E-state index is 12.6. The van der Waals surface area contributed by atoms with Crippen LogP contribution < -0.4 is 5.32 Å². The maximum absolute atomic E-state index is 12.6. The summed E-state index contributed by atoms with van der Waals surface area (Å²) >= 11 is 0. The molecule has 1 amide bonds. The van der Waals surface area contributed by atoms with Crippen LogP contribution in [0.15, 0.2) is 54.7 Å². The molecular formula is C26H32N2O. The Hall–Kier alpha value is -2.55. The average Bonchev–Trinajstić information content (AvgIpc) is 3.08. The fourth-order valence-corrected chi connectivity index (χ4v) is 4.60. The number of benzene rings is 2. The average molecular weight is 389 g/mol. The number of rotatable bonds is 6. The Balaban J connectivity index is 1.46. The number of aromatic nitrogens is 1. The van der Waals surface area contributed by atoms with E-state index >= 15 is 0 Å².